The zero-order valence-corrected chi connectivity index (χ0v) is 21.3. The van der Waals surface area contributed by atoms with Gasteiger partial charge in [0.15, 0.2) is 17.7 Å². The van der Waals surface area contributed by atoms with E-state index >= 15 is 0 Å². The number of aromatic hydroxyl groups is 1. The van der Waals surface area contributed by atoms with Gasteiger partial charge in [0.05, 0.1) is 0 Å². The van der Waals surface area contributed by atoms with Crippen LogP contribution in [0.15, 0.2) is 66.7 Å². The van der Waals surface area contributed by atoms with Crippen LogP contribution in [0.25, 0.3) is 21.9 Å². The smallest absolute Gasteiger partial charge is 0.168 e. The molecule has 0 amide bonds. The molecular weight excluding hydrogens is 484 g/mol. The van der Waals surface area contributed by atoms with Crippen LogP contribution in [0.1, 0.15) is 49.3 Å². The first-order valence-electron chi connectivity index (χ1n) is 13.4. The third-order valence-corrected chi connectivity index (χ3v) is 7.65. The van der Waals surface area contributed by atoms with Crippen molar-refractivity contribution in [2.45, 2.75) is 38.2 Å². The van der Waals surface area contributed by atoms with Gasteiger partial charge in [-0.3, -0.25) is 4.90 Å². The Bertz CT molecular complexity index is 1450. The van der Waals surface area contributed by atoms with Gasteiger partial charge in [-0.05, 0) is 78.2 Å². The third-order valence-electron chi connectivity index (χ3n) is 7.65. The highest BCUT2D eigenvalue weighted by Gasteiger charge is 2.32. The van der Waals surface area contributed by atoms with E-state index in [4.69, 9.17) is 9.47 Å². The summed E-state index contributed by atoms with van der Waals surface area (Å²) in [7, 11) is 0. The van der Waals surface area contributed by atoms with Crippen LogP contribution < -0.4 is 9.47 Å². The molecule has 6 heteroatoms. The Morgan fingerprint density at radius 2 is 1.61 bits per heavy atom. The lowest BCUT2D eigenvalue weighted by molar-refractivity contribution is 0.195. The van der Waals surface area contributed by atoms with Gasteiger partial charge in [0.25, 0.3) is 0 Å². The van der Waals surface area contributed by atoms with E-state index in [0.717, 1.165) is 53.3 Å². The summed E-state index contributed by atoms with van der Waals surface area (Å²) in [6.45, 7) is 3.80. The minimum absolute atomic E-state index is 0.0376. The Morgan fingerprint density at radius 3 is 2.39 bits per heavy atom. The topological polar surface area (TPSA) is 41.9 Å². The van der Waals surface area contributed by atoms with Crippen LogP contribution in [0.5, 0.6) is 17.2 Å². The highest BCUT2D eigenvalue weighted by atomic mass is 19.1. The van der Waals surface area contributed by atoms with Crippen molar-refractivity contribution in [3.63, 3.8) is 0 Å². The number of fused-ring (bicyclic) bond motifs is 5. The minimum atomic E-state index is -0.731. The van der Waals surface area contributed by atoms with Crippen molar-refractivity contribution in [3.8, 4) is 28.4 Å². The molecule has 1 N–H and O–H groups in total. The number of ether oxygens (including phenoxy) is 2. The van der Waals surface area contributed by atoms with Crippen molar-refractivity contribution >= 4 is 10.8 Å². The normalized spacial score (nSPS) is 17.7. The van der Waals surface area contributed by atoms with Crippen molar-refractivity contribution in [3.05, 3.63) is 89.5 Å². The van der Waals surface area contributed by atoms with Crippen molar-refractivity contribution in [1.29, 1.82) is 0 Å². The average molecular weight is 516 g/mol. The minimum Gasteiger partial charge on any atom is -0.508 e. The number of hydrogen-bond acceptors (Lipinski definition) is 4. The van der Waals surface area contributed by atoms with E-state index in [-0.39, 0.29) is 11.5 Å². The highest BCUT2D eigenvalue weighted by molar-refractivity contribution is 5.95. The number of rotatable bonds is 5. The Morgan fingerprint density at radius 1 is 0.842 bits per heavy atom. The lowest BCUT2D eigenvalue weighted by Crippen LogP contribution is -2.31. The molecule has 2 aliphatic heterocycles. The van der Waals surface area contributed by atoms with Gasteiger partial charge in [-0.2, -0.15) is 0 Å². The average Bonchev–Trinajstić information content (AvgIpc) is 2.89. The Balaban J connectivity index is 1.28. The summed E-state index contributed by atoms with van der Waals surface area (Å²) in [5, 5.41) is 11.7. The van der Waals surface area contributed by atoms with Crippen molar-refractivity contribution < 1.29 is 23.4 Å². The van der Waals surface area contributed by atoms with Gasteiger partial charge in [-0.1, -0.05) is 49.6 Å². The SMILES string of the molecule is Oc1ccc2c3c(ccc2c1)-c1cc(F)cc(F)c1OC3c1ccc(OCCN2CCCCCCC2)cc1. The monoisotopic (exact) mass is 515 g/mol. The second-order valence-electron chi connectivity index (χ2n) is 10.2. The first-order valence-corrected chi connectivity index (χ1v) is 13.4. The molecule has 0 aliphatic carbocycles. The predicted octanol–water partition coefficient (Wildman–Crippen LogP) is 7.62. The van der Waals surface area contributed by atoms with E-state index < -0.39 is 17.7 Å². The summed E-state index contributed by atoms with van der Waals surface area (Å²) in [5.74, 6) is -0.424. The number of halogens is 2. The van der Waals surface area contributed by atoms with Crippen LogP contribution in [0.3, 0.4) is 0 Å². The lowest BCUT2D eigenvalue weighted by atomic mass is 9.86. The summed E-state index contributed by atoms with van der Waals surface area (Å²) in [4.78, 5) is 2.48. The van der Waals surface area contributed by atoms with E-state index in [1.807, 2.05) is 42.5 Å². The molecule has 4 nitrogen and oxygen atoms in total. The maximum absolute atomic E-state index is 14.9. The van der Waals surface area contributed by atoms with E-state index in [9.17, 15) is 13.9 Å². The number of hydrogen-bond donors (Lipinski definition) is 1. The van der Waals surface area contributed by atoms with Crippen LogP contribution in [-0.4, -0.2) is 36.2 Å². The Labute approximate surface area is 221 Å². The van der Waals surface area contributed by atoms with Crippen molar-refractivity contribution in [2.24, 2.45) is 0 Å². The summed E-state index contributed by atoms with van der Waals surface area (Å²) in [5.41, 5.74) is 2.73. The molecule has 0 radical (unpaired) electrons. The Hall–Kier alpha value is -3.64. The zero-order valence-electron chi connectivity index (χ0n) is 21.3. The van der Waals surface area contributed by atoms with Crippen molar-refractivity contribution in [1.82, 2.24) is 4.90 Å². The van der Waals surface area contributed by atoms with E-state index in [1.54, 1.807) is 12.1 Å². The molecule has 1 unspecified atom stereocenters. The van der Waals surface area contributed by atoms with Gasteiger partial charge in [-0.25, -0.2) is 8.78 Å². The summed E-state index contributed by atoms with van der Waals surface area (Å²) >= 11 is 0. The molecule has 4 aromatic rings. The van der Waals surface area contributed by atoms with Gasteiger partial charge in [0, 0.05) is 23.7 Å². The standard InChI is InChI=1S/C32H31F2NO3/c33-23-19-28-27-12-8-22-18-24(36)9-13-26(22)30(27)31(38-32(28)29(34)20-23)21-6-10-25(11-7-21)37-17-16-35-14-4-2-1-3-5-15-35/h6-13,18-20,31,36H,1-5,14-17H2. The van der Waals surface area contributed by atoms with E-state index in [0.29, 0.717) is 17.7 Å². The fraction of sp³-hybridized carbons (Fsp3) is 0.312. The molecule has 2 aliphatic rings. The predicted molar refractivity (Wildman–Crippen MR) is 145 cm³/mol. The quantitative estimate of drug-likeness (QED) is 0.297. The second kappa shape index (κ2) is 10.6. The second-order valence-corrected chi connectivity index (χ2v) is 10.2. The highest BCUT2D eigenvalue weighted by Crippen LogP contribution is 2.49. The largest absolute Gasteiger partial charge is 0.508 e. The number of nitrogens with zero attached hydrogens (tertiary/aromatic N) is 1. The molecular formula is C32H31F2NO3. The van der Waals surface area contributed by atoms with E-state index in [1.165, 1.54) is 38.2 Å². The van der Waals surface area contributed by atoms with Crippen LogP contribution in [0.2, 0.25) is 0 Å². The first kappa shape index (κ1) is 24.7. The van der Waals surface area contributed by atoms with Crippen LogP contribution in [0, 0.1) is 11.6 Å². The number of benzene rings is 4. The maximum atomic E-state index is 14.9. The van der Waals surface area contributed by atoms with Gasteiger partial charge in [-0.15, -0.1) is 0 Å². The fourth-order valence-electron chi connectivity index (χ4n) is 5.72. The molecule has 4 aromatic carbocycles. The van der Waals surface area contributed by atoms with Gasteiger partial charge in [0.2, 0.25) is 0 Å². The summed E-state index contributed by atoms with van der Waals surface area (Å²) in [6.07, 6.45) is 5.86. The lowest BCUT2D eigenvalue weighted by Gasteiger charge is -2.31. The third kappa shape index (κ3) is 4.93. The Kier molecular flexibility index (Phi) is 6.90. The summed E-state index contributed by atoms with van der Waals surface area (Å²) < 4.78 is 41.4. The fourth-order valence-corrected chi connectivity index (χ4v) is 5.72. The molecule has 1 fully saturated rings. The number of likely N-dealkylation sites (tertiary alicyclic amines) is 1. The molecule has 0 bridgehead atoms. The number of phenols is 1. The van der Waals surface area contributed by atoms with Crippen LogP contribution >= 0.6 is 0 Å². The molecule has 196 valence electrons. The molecule has 0 spiro atoms. The first-order chi connectivity index (χ1) is 18.6. The van der Waals surface area contributed by atoms with Gasteiger partial charge < -0.3 is 14.6 Å². The van der Waals surface area contributed by atoms with Crippen LogP contribution in [0.4, 0.5) is 8.78 Å². The van der Waals surface area contributed by atoms with Gasteiger partial charge >= 0.3 is 0 Å². The van der Waals surface area contributed by atoms with E-state index in [2.05, 4.69) is 4.90 Å². The summed E-state index contributed by atoms with van der Waals surface area (Å²) in [6, 6.07) is 18.7. The molecule has 0 saturated carbocycles. The van der Waals surface area contributed by atoms with Gasteiger partial charge in [0.1, 0.15) is 23.9 Å². The number of phenolic OH excluding ortho intramolecular Hbond substituents is 1. The van der Waals surface area contributed by atoms with Crippen molar-refractivity contribution in [2.75, 3.05) is 26.2 Å². The zero-order chi connectivity index (χ0) is 26.1. The molecule has 1 atom stereocenters. The van der Waals surface area contributed by atoms with Crippen LogP contribution in [-0.2, 0) is 0 Å². The molecule has 38 heavy (non-hydrogen) atoms. The molecule has 2 heterocycles. The molecule has 0 aromatic heterocycles. The molecule has 1 saturated heterocycles. The maximum Gasteiger partial charge on any atom is 0.168 e. The molecule has 6 rings (SSSR count).